The summed E-state index contributed by atoms with van der Waals surface area (Å²) in [6, 6.07) is 0. The molecular formula is C27H47NO2. The summed E-state index contributed by atoms with van der Waals surface area (Å²) in [5, 5.41) is 13.6. The highest BCUT2D eigenvalue weighted by molar-refractivity contribution is 5.15. The first-order valence-electron chi connectivity index (χ1n) is 13.3. The van der Waals surface area contributed by atoms with E-state index in [1.165, 1.54) is 51.4 Å². The Kier molecular flexibility index (Phi) is 5.39. The van der Waals surface area contributed by atoms with Gasteiger partial charge in [-0.15, -0.1) is 0 Å². The molecule has 172 valence electrons. The van der Waals surface area contributed by atoms with Crippen molar-refractivity contribution in [3.05, 3.63) is 0 Å². The molecule has 0 aromatic carbocycles. The minimum atomic E-state index is -0.0383. The zero-order chi connectivity index (χ0) is 21.3. The van der Waals surface area contributed by atoms with Crippen LogP contribution in [0.4, 0.5) is 0 Å². The highest BCUT2D eigenvalue weighted by Gasteiger charge is 2.68. The summed E-state index contributed by atoms with van der Waals surface area (Å²) in [6.07, 6.45) is 12.1. The first kappa shape index (κ1) is 21.7. The maximum atomic E-state index is 9.69. The van der Waals surface area contributed by atoms with E-state index in [9.17, 15) is 5.11 Å². The van der Waals surface area contributed by atoms with Crippen molar-refractivity contribution in [3.63, 3.8) is 0 Å². The quantitative estimate of drug-likeness (QED) is 0.627. The lowest BCUT2D eigenvalue weighted by Gasteiger charge is -2.59. The first-order chi connectivity index (χ1) is 14.3. The molecule has 5 aliphatic rings. The van der Waals surface area contributed by atoms with Gasteiger partial charge in [0.1, 0.15) is 5.72 Å². The molecule has 3 saturated carbocycles. The summed E-state index contributed by atoms with van der Waals surface area (Å²) in [5.41, 5.74) is 0.834. The second kappa shape index (κ2) is 7.45. The van der Waals surface area contributed by atoms with Gasteiger partial charge in [0.25, 0.3) is 0 Å². The lowest BCUT2D eigenvalue weighted by Crippen LogP contribution is -2.57. The highest BCUT2D eigenvalue weighted by Crippen LogP contribution is 2.70. The fourth-order valence-corrected chi connectivity index (χ4v) is 9.91. The van der Waals surface area contributed by atoms with Crippen LogP contribution in [-0.4, -0.2) is 30.1 Å². The van der Waals surface area contributed by atoms with Crippen molar-refractivity contribution in [1.29, 1.82) is 0 Å². The zero-order valence-corrected chi connectivity index (χ0v) is 20.3. The fraction of sp³-hybridized carbons (Fsp3) is 1.00. The summed E-state index contributed by atoms with van der Waals surface area (Å²) >= 11 is 0. The van der Waals surface area contributed by atoms with Crippen molar-refractivity contribution in [3.8, 4) is 0 Å². The minimum Gasteiger partial charge on any atom is -0.396 e. The molecule has 0 bridgehead atoms. The van der Waals surface area contributed by atoms with E-state index in [1.807, 2.05) is 0 Å². The molecule has 1 spiro atoms. The van der Waals surface area contributed by atoms with Crippen molar-refractivity contribution < 1.29 is 9.84 Å². The van der Waals surface area contributed by atoms with Gasteiger partial charge in [-0.1, -0.05) is 41.0 Å². The number of piperidine rings is 1. The monoisotopic (exact) mass is 417 g/mol. The van der Waals surface area contributed by atoms with Crippen LogP contribution in [-0.2, 0) is 4.74 Å². The third-order valence-electron chi connectivity index (χ3n) is 11.8. The first-order valence-corrected chi connectivity index (χ1v) is 13.3. The lowest BCUT2D eigenvalue weighted by molar-refractivity contribution is -0.128. The van der Waals surface area contributed by atoms with Gasteiger partial charge in [0.05, 0.1) is 6.10 Å². The molecule has 2 N–H and O–H groups in total. The minimum absolute atomic E-state index is 0.0383. The van der Waals surface area contributed by atoms with Crippen LogP contribution in [0.1, 0.15) is 92.4 Å². The average molecular weight is 418 g/mol. The molecule has 2 saturated heterocycles. The number of ether oxygens (including phenoxy) is 1. The summed E-state index contributed by atoms with van der Waals surface area (Å²) in [6.45, 7) is 14.0. The number of aliphatic hydroxyl groups excluding tert-OH is 1. The molecule has 0 aromatic heterocycles. The van der Waals surface area contributed by atoms with Crippen molar-refractivity contribution in [2.45, 2.75) is 104 Å². The third kappa shape index (κ3) is 2.86. The van der Waals surface area contributed by atoms with Gasteiger partial charge in [-0.25, -0.2) is 0 Å². The Balaban J connectivity index is 1.39. The van der Waals surface area contributed by atoms with E-state index in [4.69, 9.17) is 4.74 Å². The summed E-state index contributed by atoms with van der Waals surface area (Å²) in [7, 11) is 0. The van der Waals surface area contributed by atoms with Gasteiger partial charge in [-0.3, -0.25) is 5.32 Å². The van der Waals surface area contributed by atoms with E-state index in [2.05, 4.69) is 39.9 Å². The van der Waals surface area contributed by atoms with Crippen molar-refractivity contribution >= 4 is 0 Å². The van der Waals surface area contributed by atoms with E-state index in [-0.39, 0.29) is 5.72 Å². The molecular weight excluding hydrogens is 370 g/mol. The van der Waals surface area contributed by atoms with E-state index >= 15 is 0 Å². The Morgan fingerprint density at radius 3 is 2.50 bits per heavy atom. The molecule has 5 fully saturated rings. The largest absolute Gasteiger partial charge is 0.396 e. The topological polar surface area (TPSA) is 41.5 Å². The Morgan fingerprint density at radius 2 is 1.83 bits per heavy atom. The SMILES string of the molecule is CC[C@@]1(C)C(CCO)CC[C@@H]2C1CC[C@@]1(C)C2CC2O[C@@]3(CC[C@H](C)CN3)[C@@H](C)C21. The van der Waals surface area contributed by atoms with Crippen molar-refractivity contribution in [1.82, 2.24) is 5.32 Å². The molecule has 3 aliphatic carbocycles. The molecule has 2 heterocycles. The third-order valence-corrected chi connectivity index (χ3v) is 11.8. The molecule has 30 heavy (non-hydrogen) atoms. The lowest BCUT2D eigenvalue weighted by atomic mass is 9.45. The fourth-order valence-electron chi connectivity index (χ4n) is 9.91. The van der Waals surface area contributed by atoms with Crippen LogP contribution in [0, 0.1) is 52.3 Å². The van der Waals surface area contributed by atoms with Gasteiger partial charge in [0.15, 0.2) is 0 Å². The van der Waals surface area contributed by atoms with Crippen LogP contribution >= 0.6 is 0 Å². The number of nitrogens with one attached hydrogen (secondary N) is 1. The Morgan fingerprint density at radius 1 is 1.03 bits per heavy atom. The van der Waals surface area contributed by atoms with Crippen LogP contribution < -0.4 is 5.32 Å². The average Bonchev–Trinajstić information content (AvgIpc) is 3.17. The molecule has 5 unspecified atom stereocenters. The van der Waals surface area contributed by atoms with Gasteiger partial charge < -0.3 is 9.84 Å². The molecule has 3 nitrogen and oxygen atoms in total. The molecule has 3 heteroatoms. The summed E-state index contributed by atoms with van der Waals surface area (Å²) in [5.74, 6) is 5.42. The number of hydrogen-bond acceptors (Lipinski definition) is 3. The van der Waals surface area contributed by atoms with Crippen LogP contribution in [0.2, 0.25) is 0 Å². The predicted molar refractivity (Wildman–Crippen MR) is 122 cm³/mol. The summed E-state index contributed by atoms with van der Waals surface area (Å²) < 4.78 is 7.01. The van der Waals surface area contributed by atoms with Crippen LogP contribution in [0.5, 0.6) is 0 Å². The molecule has 5 rings (SSSR count). The zero-order valence-electron chi connectivity index (χ0n) is 20.3. The van der Waals surface area contributed by atoms with Gasteiger partial charge in [0, 0.05) is 19.1 Å². The Labute approximate surface area is 185 Å². The molecule has 0 radical (unpaired) electrons. The molecule has 0 amide bonds. The number of hydrogen-bond donors (Lipinski definition) is 2. The van der Waals surface area contributed by atoms with Gasteiger partial charge >= 0.3 is 0 Å². The maximum absolute atomic E-state index is 9.69. The van der Waals surface area contributed by atoms with Crippen LogP contribution in [0.3, 0.4) is 0 Å². The Bertz CT molecular complexity index is 643. The molecule has 0 aromatic rings. The van der Waals surface area contributed by atoms with E-state index in [0.29, 0.717) is 35.4 Å². The second-order valence-corrected chi connectivity index (χ2v) is 12.7. The molecule has 2 aliphatic heterocycles. The van der Waals surface area contributed by atoms with Crippen molar-refractivity contribution in [2.24, 2.45) is 52.3 Å². The maximum Gasteiger partial charge on any atom is 0.122 e. The van der Waals surface area contributed by atoms with Crippen LogP contribution in [0.15, 0.2) is 0 Å². The smallest absolute Gasteiger partial charge is 0.122 e. The van der Waals surface area contributed by atoms with Crippen LogP contribution in [0.25, 0.3) is 0 Å². The highest BCUT2D eigenvalue weighted by atomic mass is 16.5. The molecule has 11 atom stereocenters. The second-order valence-electron chi connectivity index (χ2n) is 12.7. The standard InChI is InChI=1S/C27H47NO2/c1-6-25(4)19(11-14-29)7-8-20-21(25)10-12-26(5)22(20)15-23-24(26)18(3)27(30-23)13-9-17(2)16-28-27/h17-24,28-29H,6-16H2,1-5H3/t17-,18-,19?,20+,21?,22?,23?,24?,25-,26-,27-/m0/s1. The van der Waals surface area contributed by atoms with E-state index in [1.54, 1.807) is 0 Å². The van der Waals surface area contributed by atoms with Gasteiger partial charge in [0.2, 0.25) is 0 Å². The van der Waals surface area contributed by atoms with Crippen molar-refractivity contribution in [2.75, 3.05) is 13.2 Å². The Hall–Kier alpha value is -0.120. The number of rotatable bonds is 3. The van der Waals surface area contributed by atoms with Gasteiger partial charge in [-0.2, -0.15) is 0 Å². The van der Waals surface area contributed by atoms with E-state index in [0.717, 1.165) is 42.6 Å². The van der Waals surface area contributed by atoms with Gasteiger partial charge in [-0.05, 0) is 97.7 Å². The van der Waals surface area contributed by atoms with E-state index < -0.39 is 0 Å². The predicted octanol–water partition coefficient (Wildman–Crippen LogP) is 5.61. The number of aliphatic hydroxyl groups is 1. The normalized spacial score (nSPS) is 57.8. The number of fused-ring (bicyclic) bond motifs is 5. The summed E-state index contributed by atoms with van der Waals surface area (Å²) in [4.78, 5) is 0.